The van der Waals surface area contributed by atoms with Gasteiger partial charge in [0.25, 0.3) is 0 Å². The Morgan fingerprint density at radius 3 is 2.44 bits per heavy atom. The summed E-state index contributed by atoms with van der Waals surface area (Å²) in [5, 5.41) is 11.3. The summed E-state index contributed by atoms with van der Waals surface area (Å²) in [6.07, 6.45) is 7.85. The lowest BCUT2D eigenvalue weighted by atomic mass is 9.98. The van der Waals surface area contributed by atoms with E-state index in [-0.39, 0.29) is 5.91 Å². The molecule has 1 unspecified atom stereocenters. The van der Waals surface area contributed by atoms with Crippen LogP contribution in [-0.2, 0) is 11.2 Å². The molecule has 2 fully saturated rings. The van der Waals surface area contributed by atoms with Crippen LogP contribution in [0.15, 0.2) is 30.3 Å². The van der Waals surface area contributed by atoms with Gasteiger partial charge in [-0.3, -0.25) is 4.79 Å². The lowest BCUT2D eigenvalue weighted by Crippen LogP contribution is -2.39. The second kappa shape index (κ2) is 7.65. The molecule has 25 heavy (non-hydrogen) atoms. The Balaban J connectivity index is 1.39. The molecule has 2 aliphatic rings. The molecule has 2 heterocycles. The van der Waals surface area contributed by atoms with Gasteiger partial charge in [0.1, 0.15) is 10.0 Å². The normalized spacial score (nSPS) is 21.6. The fourth-order valence-corrected chi connectivity index (χ4v) is 5.18. The highest BCUT2D eigenvalue weighted by Crippen LogP contribution is 2.38. The molecule has 132 valence electrons. The van der Waals surface area contributed by atoms with Gasteiger partial charge in [-0.25, -0.2) is 0 Å². The van der Waals surface area contributed by atoms with Crippen molar-refractivity contribution in [2.45, 2.75) is 56.8 Å². The highest BCUT2D eigenvalue weighted by Gasteiger charge is 2.28. The fourth-order valence-electron chi connectivity index (χ4n) is 4.04. The maximum Gasteiger partial charge on any atom is 0.227 e. The van der Waals surface area contributed by atoms with Gasteiger partial charge in [0.05, 0.1) is 6.42 Å². The first-order valence-corrected chi connectivity index (χ1v) is 10.3. The molecule has 1 amide bonds. The molecule has 0 spiro atoms. The summed E-state index contributed by atoms with van der Waals surface area (Å²) in [7, 11) is 0. The number of benzene rings is 1. The van der Waals surface area contributed by atoms with E-state index in [4.69, 9.17) is 0 Å². The molecule has 4 rings (SSSR count). The molecule has 4 nitrogen and oxygen atoms in total. The van der Waals surface area contributed by atoms with Crippen molar-refractivity contribution in [1.82, 2.24) is 15.1 Å². The van der Waals surface area contributed by atoms with Crippen molar-refractivity contribution in [2.75, 3.05) is 13.1 Å². The zero-order valence-electron chi connectivity index (χ0n) is 14.6. The molecule has 0 bridgehead atoms. The predicted octanol–water partition coefficient (Wildman–Crippen LogP) is 4.14. The third-order valence-electron chi connectivity index (χ3n) is 5.48. The van der Waals surface area contributed by atoms with Gasteiger partial charge in [-0.2, -0.15) is 0 Å². The number of nitrogens with zero attached hydrogens (tertiary/aromatic N) is 3. The number of carbonyl (C=O) groups is 1. The van der Waals surface area contributed by atoms with E-state index in [0.717, 1.165) is 36.5 Å². The van der Waals surface area contributed by atoms with Gasteiger partial charge < -0.3 is 4.90 Å². The SMILES string of the molecule is O=C(Cc1ccccc1)N1CCCC(c2nnc(C3CCCC3)s2)C1. The number of amides is 1. The van der Waals surface area contributed by atoms with Crippen LogP contribution < -0.4 is 0 Å². The number of hydrogen-bond donors (Lipinski definition) is 0. The highest BCUT2D eigenvalue weighted by atomic mass is 32.1. The summed E-state index contributed by atoms with van der Waals surface area (Å²) in [5.41, 5.74) is 1.09. The molecule has 1 aromatic carbocycles. The molecule has 1 atom stereocenters. The minimum atomic E-state index is 0.233. The largest absolute Gasteiger partial charge is 0.342 e. The van der Waals surface area contributed by atoms with Gasteiger partial charge in [-0.05, 0) is 31.2 Å². The van der Waals surface area contributed by atoms with Gasteiger partial charge in [0.2, 0.25) is 5.91 Å². The average molecular weight is 356 g/mol. The summed E-state index contributed by atoms with van der Waals surface area (Å²) >= 11 is 1.79. The maximum absolute atomic E-state index is 12.7. The maximum atomic E-state index is 12.7. The summed E-state index contributed by atoms with van der Waals surface area (Å²) in [6, 6.07) is 10.0. The number of hydrogen-bond acceptors (Lipinski definition) is 4. The van der Waals surface area contributed by atoms with Gasteiger partial charge in [-0.15, -0.1) is 21.5 Å². The van der Waals surface area contributed by atoms with E-state index >= 15 is 0 Å². The molecule has 5 heteroatoms. The van der Waals surface area contributed by atoms with Gasteiger partial charge in [0.15, 0.2) is 0 Å². The van der Waals surface area contributed by atoms with Crippen LogP contribution in [0.5, 0.6) is 0 Å². The summed E-state index contributed by atoms with van der Waals surface area (Å²) in [6.45, 7) is 1.67. The third kappa shape index (κ3) is 3.92. The molecule has 1 saturated carbocycles. The Kier molecular flexibility index (Phi) is 5.11. The molecule has 1 aliphatic heterocycles. The number of piperidine rings is 1. The van der Waals surface area contributed by atoms with Gasteiger partial charge in [0, 0.05) is 24.9 Å². The summed E-state index contributed by atoms with van der Waals surface area (Å²) in [5.74, 6) is 1.23. The molecule has 1 saturated heterocycles. The Bertz CT molecular complexity index is 709. The Hall–Kier alpha value is -1.75. The van der Waals surface area contributed by atoms with E-state index in [1.165, 1.54) is 30.7 Å². The third-order valence-corrected chi connectivity index (χ3v) is 6.73. The fraction of sp³-hybridized carbons (Fsp3) is 0.550. The minimum absolute atomic E-state index is 0.233. The highest BCUT2D eigenvalue weighted by molar-refractivity contribution is 7.11. The molecule has 2 aromatic rings. The van der Waals surface area contributed by atoms with Gasteiger partial charge >= 0.3 is 0 Å². The smallest absolute Gasteiger partial charge is 0.227 e. The van der Waals surface area contributed by atoms with Crippen LogP contribution in [0.4, 0.5) is 0 Å². The first-order valence-electron chi connectivity index (χ1n) is 9.44. The average Bonchev–Trinajstić information content (AvgIpc) is 3.34. The summed E-state index contributed by atoms with van der Waals surface area (Å²) < 4.78 is 0. The number of carbonyl (C=O) groups excluding carboxylic acids is 1. The molecule has 1 aliphatic carbocycles. The first-order chi connectivity index (χ1) is 12.3. The molecular weight excluding hydrogens is 330 g/mol. The van der Waals surface area contributed by atoms with Crippen molar-refractivity contribution in [3.05, 3.63) is 45.9 Å². The topological polar surface area (TPSA) is 46.1 Å². The number of rotatable bonds is 4. The van der Waals surface area contributed by atoms with Crippen molar-refractivity contribution in [3.8, 4) is 0 Å². The monoisotopic (exact) mass is 355 g/mol. The van der Waals surface area contributed by atoms with Crippen molar-refractivity contribution < 1.29 is 4.79 Å². The lowest BCUT2D eigenvalue weighted by molar-refractivity contribution is -0.131. The Morgan fingerprint density at radius 2 is 1.68 bits per heavy atom. The molecule has 0 radical (unpaired) electrons. The molecular formula is C20H25N3OS. The van der Waals surface area contributed by atoms with Crippen LogP contribution in [-0.4, -0.2) is 34.1 Å². The van der Waals surface area contributed by atoms with Crippen molar-refractivity contribution in [2.24, 2.45) is 0 Å². The van der Waals surface area contributed by atoms with E-state index in [9.17, 15) is 4.79 Å². The standard InChI is InChI=1S/C20H25N3OS/c24-18(13-15-7-2-1-3-8-15)23-12-6-11-17(14-23)20-22-21-19(25-20)16-9-4-5-10-16/h1-3,7-8,16-17H,4-6,9-14H2. The Labute approximate surface area is 153 Å². The van der Waals surface area contributed by atoms with Crippen LogP contribution in [0.1, 0.15) is 65.9 Å². The second-order valence-electron chi connectivity index (χ2n) is 7.30. The predicted molar refractivity (Wildman–Crippen MR) is 99.8 cm³/mol. The Morgan fingerprint density at radius 1 is 1.00 bits per heavy atom. The van der Waals surface area contributed by atoms with Gasteiger partial charge in [-0.1, -0.05) is 43.2 Å². The quantitative estimate of drug-likeness (QED) is 0.828. The van der Waals surface area contributed by atoms with Crippen molar-refractivity contribution >= 4 is 17.2 Å². The van der Waals surface area contributed by atoms with E-state index in [1.54, 1.807) is 11.3 Å². The first kappa shape index (κ1) is 16.7. The van der Waals surface area contributed by atoms with Crippen LogP contribution >= 0.6 is 11.3 Å². The molecule has 0 N–H and O–H groups in total. The minimum Gasteiger partial charge on any atom is -0.342 e. The van der Waals surface area contributed by atoms with Crippen LogP contribution in [0.2, 0.25) is 0 Å². The van der Waals surface area contributed by atoms with E-state index in [1.807, 2.05) is 35.2 Å². The second-order valence-corrected chi connectivity index (χ2v) is 8.34. The van der Waals surface area contributed by atoms with E-state index < -0.39 is 0 Å². The van der Waals surface area contributed by atoms with Crippen LogP contribution in [0.25, 0.3) is 0 Å². The van der Waals surface area contributed by atoms with Crippen molar-refractivity contribution in [3.63, 3.8) is 0 Å². The zero-order valence-corrected chi connectivity index (χ0v) is 15.4. The lowest BCUT2D eigenvalue weighted by Gasteiger charge is -2.31. The number of aromatic nitrogens is 2. The van der Waals surface area contributed by atoms with Crippen LogP contribution in [0.3, 0.4) is 0 Å². The van der Waals surface area contributed by atoms with E-state index in [2.05, 4.69) is 10.2 Å². The van der Waals surface area contributed by atoms with Crippen LogP contribution in [0, 0.1) is 0 Å². The molecule has 1 aromatic heterocycles. The van der Waals surface area contributed by atoms with Crippen molar-refractivity contribution in [1.29, 1.82) is 0 Å². The van der Waals surface area contributed by atoms with E-state index in [0.29, 0.717) is 18.3 Å². The zero-order chi connectivity index (χ0) is 17.1. The summed E-state index contributed by atoms with van der Waals surface area (Å²) in [4.78, 5) is 14.7. The number of likely N-dealkylation sites (tertiary alicyclic amines) is 1.